The fourth-order valence-corrected chi connectivity index (χ4v) is 1.67. The first-order valence-corrected chi connectivity index (χ1v) is 5.98. The van der Waals surface area contributed by atoms with E-state index in [-0.39, 0.29) is 24.9 Å². The van der Waals surface area contributed by atoms with Crippen molar-refractivity contribution in [1.82, 2.24) is 0 Å². The first-order chi connectivity index (χ1) is 8.71. The van der Waals surface area contributed by atoms with Crippen LogP contribution in [0.1, 0.15) is 37.3 Å². The van der Waals surface area contributed by atoms with Crippen molar-refractivity contribution in [2.24, 2.45) is 0 Å². The van der Waals surface area contributed by atoms with Crippen molar-refractivity contribution in [3.05, 3.63) is 35.4 Å². The Hall–Kier alpha value is -1.79. The average Bonchev–Trinajstić information content (AvgIpc) is 2.39. The SMILES string of the molecule is CC#CC(CC(=O)OCC)c1ccc(CO)cc1. The molecule has 0 aliphatic carbocycles. The summed E-state index contributed by atoms with van der Waals surface area (Å²) < 4.78 is 4.94. The van der Waals surface area contributed by atoms with E-state index in [2.05, 4.69) is 11.8 Å². The predicted octanol–water partition coefficient (Wildman–Crippen LogP) is 2.24. The monoisotopic (exact) mass is 246 g/mol. The van der Waals surface area contributed by atoms with Gasteiger partial charge in [0, 0.05) is 0 Å². The molecule has 0 spiro atoms. The zero-order valence-electron chi connectivity index (χ0n) is 10.8. The minimum absolute atomic E-state index is 0.0162. The number of hydrogen-bond acceptors (Lipinski definition) is 3. The van der Waals surface area contributed by atoms with Crippen molar-refractivity contribution < 1.29 is 14.6 Å². The summed E-state index contributed by atoms with van der Waals surface area (Å²) in [4.78, 5) is 11.5. The summed E-state index contributed by atoms with van der Waals surface area (Å²) >= 11 is 0. The topological polar surface area (TPSA) is 46.5 Å². The molecule has 1 atom stereocenters. The molecule has 0 aliphatic rings. The Morgan fingerprint density at radius 1 is 1.39 bits per heavy atom. The van der Waals surface area contributed by atoms with Crippen LogP contribution in [0.2, 0.25) is 0 Å². The number of carbonyl (C=O) groups excluding carboxylic acids is 1. The van der Waals surface area contributed by atoms with Crippen LogP contribution in [0.15, 0.2) is 24.3 Å². The molecule has 0 aromatic heterocycles. The van der Waals surface area contributed by atoms with Gasteiger partial charge in [0.05, 0.1) is 25.6 Å². The van der Waals surface area contributed by atoms with Crippen molar-refractivity contribution in [3.63, 3.8) is 0 Å². The van der Waals surface area contributed by atoms with Crippen molar-refractivity contribution in [1.29, 1.82) is 0 Å². The van der Waals surface area contributed by atoms with Crippen LogP contribution in [-0.4, -0.2) is 17.7 Å². The second-order valence-corrected chi connectivity index (χ2v) is 3.86. The molecule has 0 fully saturated rings. The van der Waals surface area contributed by atoms with Crippen LogP contribution in [0.5, 0.6) is 0 Å². The van der Waals surface area contributed by atoms with E-state index in [9.17, 15) is 4.79 Å². The molecule has 0 radical (unpaired) electrons. The van der Waals surface area contributed by atoms with Crippen LogP contribution in [0.25, 0.3) is 0 Å². The van der Waals surface area contributed by atoms with Crippen LogP contribution in [-0.2, 0) is 16.1 Å². The van der Waals surface area contributed by atoms with Crippen LogP contribution < -0.4 is 0 Å². The molecule has 1 rings (SSSR count). The highest BCUT2D eigenvalue weighted by atomic mass is 16.5. The van der Waals surface area contributed by atoms with Gasteiger partial charge in [-0.05, 0) is 25.0 Å². The predicted molar refractivity (Wildman–Crippen MR) is 69.8 cm³/mol. The minimum atomic E-state index is -0.239. The maximum atomic E-state index is 11.5. The molecule has 18 heavy (non-hydrogen) atoms. The van der Waals surface area contributed by atoms with Gasteiger partial charge in [-0.2, -0.15) is 0 Å². The number of rotatable bonds is 5. The molecule has 0 amide bonds. The van der Waals surface area contributed by atoms with Gasteiger partial charge in [0.2, 0.25) is 0 Å². The zero-order chi connectivity index (χ0) is 13.4. The van der Waals surface area contributed by atoms with Gasteiger partial charge in [-0.3, -0.25) is 4.79 Å². The second kappa shape index (κ2) is 7.52. The van der Waals surface area contributed by atoms with Gasteiger partial charge in [0.15, 0.2) is 0 Å². The van der Waals surface area contributed by atoms with E-state index in [1.165, 1.54) is 0 Å². The number of esters is 1. The van der Waals surface area contributed by atoms with Gasteiger partial charge in [0.25, 0.3) is 0 Å². The molecule has 3 nitrogen and oxygen atoms in total. The first-order valence-electron chi connectivity index (χ1n) is 5.98. The van der Waals surface area contributed by atoms with Crippen molar-refractivity contribution >= 4 is 5.97 Å². The Labute approximate surface area is 108 Å². The quantitative estimate of drug-likeness (QED) is 0.640. The molecular weight excluding hydrogens is 228 g/mol. The minimum Gasteiger partial charge on any atom is -0.466 e. The fourth-order valence-electron chi connectivity index (χ4n) is 1.67. The lowest BCUT2D eigenvalue weighted by Crippen LogP contribution is -2.09. The third-order valence-corrected chi connectivity index (χ3v) is 2.56. The molecule has 0 bridgehead atoms. The Kier molecular flexibility index (Phi) is 5.96. The Balaban J connectivity index is 2.82. The van der Waals surface area contributed by atoms with Gasteiger partial charge in [0.1, 0.15) is 0 Å². The van der Waals surface area contributed by atoms with E-state index in [0.717, 1.165) is 11.1 Å². The van der Waals surface area contributed by atoms with Gasteiger partial charge in [-0.1, -0.05) is 30.2 Å². The lowest BCUT2D eigenvalue weighted by atomic mass is 9.95. The molecule has 96 valence electrons. The first kappa shape index (κ1) is 14.3. The lowest BCUT2D eigenvalue weighted by molar-refractivity contribution is -0.143. The summed E-state index contributed by atoms with van der Waals surface area (Å²) in [5.74, 6) is 5.46. The van der Waals surface area contributed by atoms with Crippen molar-refractivity contribution in [3.8, 4) is 11.8 Å². The Morgan fingerprint density at radius 2 is 2.06 bits per heavy atom. The van der Waals surface area contributed by atoms with E-state index in [1.54, 1.807) is 13.8 Å². The van der Waals surface area contributed by atoms with Crippen molar-refractivity contribution in [2.45, 2.75) is 32.8 Å². The highest BCUT2D eigenvalue weighted by Crippen LogP contribution is 2.20. The molecule has 0 saturated heterocycles. The molecule has 0 saturated carbocycles. The highest BCUT2D eigenvalue weighted by molar-refractivity contribution is 5.71. The smallest absolute Gasteiger partial charge is 0.307 e. The molecule has 0 aliphatic heterocycles. The average molecular weight is 246 g/mol. The third-order valence-electron chi connectivity index (χ3n) is 2.56. The number of carbonyl (C=O) groups is 1. The summed E-state index contributed by atoms with van der Waals surface area (Å²) in [6.45, 7) is 3.94. The highest BCUT2D eigenvalue weighted by Gasteiger charge is 2.14. The lowest BCUT2D eigenvalue weighted by Gasteiger charge is -2.11. The normalized spacial score (nSPS) is 11.3. The van der Waals surface area contributed by atoms with E-state index in [1.807, 2.05) is 24.3 Å². The number of aliphatic hydroxyl groups is 1. The van der Waals surface area contributed by atoms with Crippen molar-refractivity contribution in [2.75, 3.05) is 6.61 Å². The fraction of sp³-hybridized carbons (Fsp3) is 0.400. The number of ether oxygens (including phenoxy) is 1. The van der Waals surface area contributed by atoms with E-state index in [4.69, 9.17) is 9.84 Å². The van der Waals surface area contributed by atoms with Gasteiger partial charge in [-0.25, -0.2) is 0 Å². The summed E-state index contributed by atoms with van der Waals surface area (Å²) in [6.07, 6.45) is 0.257. The van der Waals surface area contributed by atoms with Gasteiger partial charge < -0.3 is 9.84 Å². The summed E-state index contributed by atoms with van der Waals surface area (Å²) in [6, 6.07) is 7.45. The number of benzene rings is 1. The third kappa shape index (κ3) is 4.23. The molecule has 1 aromatic carbocycles. The largest absolute Gasteiger partial charge is 0.466 e. The Morgan fingerprint density at radius 3 is 2.56 bits per heavy atom. The maximum absolute atomic E-state index is 11.5. The van der Waals surface area contributed by atoms with E-state index >= 15 is 0 Å². The maximum Gasteiger partial charge on any atom is 0.307 e. The molecule has 1 N–H and O–H groups in total. The molecule has 3 heteroatoms. The van der Waals surface area contributed by atoms with Gasteiger partial charge in [-0.15, -0.1) is 5.92 Å². The molecular formula is C15H18O3. The zero-order valence-corrected chi connectivity index (χ0v) is 10.8. The molecule has 1 unspecified atom stereocenters. The van der Waals surface area contributed by atoms with Crippen LogP contribution in [0.4, 0.5) is 0 Å². The summed E-state index contributed by atoms with van der Waals surface area (Å²) in [5.41, 5.74) is 1.81. The standard InChI is InChI=1S/C15H18O3/c1-3-5-14(10-15(17)18-4-2)13-8-6-12(11-16)7-9-13/h6-9,14,16H,4,10-11H2,1-2H3. The van der Waals surface area contributed by atoms with E-state index < -0.39 is 0 Å². The summed E-state index contributed by atoms with van der Waals surface area (Å²) in [7, 11) is 0. The summed E-state index contributed by atoms with van der Waals surface area (Å²) in [5, 5.41) is 8.98. The van der Waals surface area contributed by atoms with Gasteiger partial charge >= 0.3 is 5.97 Å². The molecule has 1 aromatic rings. The second-order valence-electron chi connectivity index (χ2n) is 3.86. The molecule has 0 heterocycles. The van der Waals surface area contributed by atoms with E-state index in [0.29, 0.717) is 6.61 Å². The number of aliphatic hydroxyl groups excluding tert-OH is 1. The number of hydrogen-bond donors (Lipinski definition) is 1. The van der Waals surface area contributed by atoms with Crippen LogP contribution >= 0.6 is 0 Å². The van der Waals surface area contributed by atoms with Crippen LogP contribution in [0.3, 0.4) is 0 Å². The Bertz CT molecular complexity index is 437. The van der Waals surface area contributed by atoms with Crippen LogP contribution in [0, 0.1) is 11.8 Å².